The molecule has 2 aromatic carbocycles. The van der Waals surface area contributed by atoms with Gasteiger partial charge in [-0.05, 0) is 42.0 Å². The van der Waals surface area contributed by atoms with Crippen molar-refractivity contribution in [1.29, 1.82) is 0 Å². The summed E-state index contributed by atoms with van der Waals surface area (Å²) in [7, 11) is -2.28. The molecule has 1 amide bonds. The van der Waals surface area contributed by atoms with Gasteiger partial charge in [0.25, 0.3) is 0 Å². The first kappa shape index (κ1) is 21.1. The van der Waals surface area contributed by atoms with Crippen LogP contribution in [0.2, 0.25) is 0 Å². The normalized spacial score (nSPS) is 15.6. The minimum Gasteiger partial charge on any atom is -0.497 e. The largest absolute Gasteiger partial charge is 0.497 e. The van der Waals surface area contributed by atoms with Crippen molar-refractivity contribution in [3.05, 3.63) is 77.0 Å². The molecule has 0 saturated carbocycles. The highest BCUT2D eigenvalue weighted by Gasteiger charge is 2.34. The number of hydrogen-bond acceptors (Lipinski definition) is 6. The number of anilines is 1. The van der Waals surface area contributed by atoms with Crippen LogP contribution in [0.15, 0.2) is 76.4 Å². The number of carbonyl (C=O) groups is 1. The third-order valence-electron chi connectivity index (χ3n) is 5.07. The first-order valence-corrected chi connectivity index (χ1v) is 11.9. The molecule has 0 aliphatic carbocycles. The maximum Gasteiger partial charge on any atom is 0.225 e. The Kier molecular flexibility index (Phi) is 5.84. The van der Waals surface area contributed by atoms with E-state index >= 15 is 0 Å². The number of ether oxygens (including phenoxy) is 2. The van der Waals surface area contributed by atoms with Gasteiger partial charge in [-0.2, -0.15) is 0 Å². The van der Waals surface area contributed by atoms with Crippen LogP contribution in [0.4, 0.5) is 5.69 Å². The number of nitrogens with one attached hydrogen (secondary N) is 1. The van der Waals surface area contributed by atoms with Crippen LogP contribution in [0.3, 0.4) is 0 Å². The summed E-state index contributed by atoms with van der Waals surface area (Å²) in [6, 6.07) is 13.7. The van der Waals surface area contributed by atoms with Gasteiger partial charge in [-0.25, -0.2) is 8.42 Å². The Bertz CT molecular complexity index is 1210. The van der Waals surface area contributed by atoms with E-state index in [-0.39, 0.29) is 28.0 Å². The maximum absolute atomic E-state index is 13.3. The summed E-state index contributed by atoms with van der Waals surface area (Å²) >= 11 is 1.34. The molecular formula is C23H21NO5S2. The zero-order valence-corrected chi connectivity index (χ0v) is 18.5. The van der Waals surface area contributed by atoms with Gasteiger partial charge in [0.2, 0.25) is 15.7 Å². The van der Waals surface area contributed by atoms with E-state index in [1.165, 1.54) is 30.6 Å². The third-order valence-corrected chi connectivity index (χ3v) is 8.10. The molecule has 3 aromatic rings. The molecule has 1 unspecified atom stereocenters. The van der Waals surface area contributed by atoms with Crippen molar-refractivity contribution in [2.24, 2.45) is 0 Å². The van der Waals surface area contributed by atoms with Crippen LogP contribution < -0.4 is 14.8 Å². The van der Waals surface area contributed by atoms with E-state index in [0.29, 0.717) is 23.8 Å². The van der Waals surface area contributed by atoms with E-state index in [4.69, 9.17) is 9.47 Å². The summed E-state index contributed by atoms with van der Waals surface area (Å²) in [5, 5.41) is 4.38. The second-order valence-electron chi connectivity index (χ2n) is 6.99. The zero-order chi connectivity index (χ0) is 22.0. The predicted molar refractivity (Wildman–Crippen MR) is 120 cm³/mol. The molecule has 0 fully saturated rings. The molecule has 1 aliphatic rings. The molecule has 1 N–H and O–H groups in total. The molecule has 1 aromatic heterocycles. The van der Waals surface area contributed by atoms with Crippen LogP contribution in [-0.2, 0) is 14.6 Å². The summed E-state index contributed by atoms with van der Waals surface area (Å²) in [5.41, 5.74) is 1.30. The lowest BCUT2D eigenvalue weighted by Crippen LogP contribution is -2.23. The molecule has 1 aliphatic heterocycles. The molecular weight excluding hydrogens is 434 g/mol. The standard InChI is InChI=1S/C23H21NO5S2/c1-3-12-29-17-6-4-15(5-7-17)19-13-21(25)24-22-20(14-30-23(19)22)31(26,27)18-10-8-16(28-2)9-11-18/h3-11,14,19H,1,12-13H2,2H3,(H,24,25). The summed E-state index contributed by atoms with van der Waals surface area (Å²) in [5.74, 6) is 0.842. The van der Waals surface area contributed by atoms with E-state index in [1.54, 1.807) is 23.6 Å². The fraction of sp³-hybridized carbons (Fsp3) is 0.174. The molecule has 6 nitrogen and oxygen atoms in total. The number of hydrogen-bond donors (Lipinski definition) is 1. The highest BCUT2D eigenvalue weighted by atomic mass is 32.2. The molecule has 4 rings (SSSR count). The van der Waals surface area contributed by atoms with Crippen molar-refractivity contribution in [2.45, 2.75) is 22.1 Å². The topological polar surface area (TPSA) is 81.7 Å². The number of methoxy groups -OCH3 is 1. The van der Waals surface area contributed by atoms with Gasteiger partial charge in [-0.1, -0.05) is 24.8 Å². The number of carbonyl (C=O) groups excluding carboxylic acids is 1. The van der Waals surface area contributed by atoms with E-state index in [0.717, 1.165) is 10.4 Å². The van der Waals surface area contributed by atoms with E-state index < -0.39 is 9.84 Å². The number of fused-ring (bicyclic) bond motifs is 1. The fourth-order valence-corrected chi connectivity index (χ4v) is 6.41. The lowest BCUT2D eigenvalue weighted by molar-refractivity contribution is -0.116. The lowest BCUT2D eigenvalue weighted by Gasteiger charge is -2.24. The molecule has 0 radical (unpaired) electrons. The molecule has 31 heavy (non-hydrogen) atoms. The minimum atomic E-state index is -3.80. The van der Waals surface area contributed by atoms with Gasteiger partial charge >= 0.3 is 0 Å². The molecule has 0 bridgehead atoms. The Balaban J connectivity index is 1.70. The highest BCUT2D eigenvalue weighted by molar-refractivity contribution is 7.91. The maximum atomic E-state index is 13.3. The molecule has 0 saturated heterocycles. The number of sulfone groups is 1. The van der Waals surface area contributed by atoms with Gasteiger partial charge in [0, 0.05) is 22.6 Å². The number of thiophene rings is 1. The van der Waals surface area contributed by atoms with Gasteiger partial charge in [-0.15, -0.1) is 11.3 Å². The van der Waals surface area contributed by atoms with Gasteiger partial charge in [0.1, 0.15) is 23.0 Å². The van der Waals surface area contributed by atoms with Crippen LogP contribution in [0.5, 0.6) is 11.5 Å². The molecule has 160 valence electrons. The van der Waals surface area contributed by atoms with Crippen molar-refractivity contribution in [3.8, 4) is 11.5 Å². The quantitative estimate of drug-likeness (QED) is 0.526. The summed E-state index contributed by atoms with van der Waals surface area (Å²) in [6.45, 7) is 4.04. The molecule has 0 spiro atoms. The van der Waals surface area contributed by atoms with E-state index in [1.807, 2.05) is 24.3 Å². The monoisotopic (exact) mass is 455 g/mol. The number of rotatable bonds is 7. The number of amides is 1. The van der Waals surface area contributed by atoms with Crippen molar-refractivity contribution < 1.29 is 22.7 Å². The van der Waals surface area contributed by atoms with Gasteiger partial charge in [0.05, 0.1) is 17.7 Å². The zero-order valence-electron chi connectivity index (χ0n) is 16.8. The van der Waals surface area contributed by atoms with Crippen molar-refractivity contribution in [3.63, 3.8) is 0 Å². The molecule has 1 atom stereocenters. The second-order valence-corrected chi connectivity index (χ2v) is 9.82. The van der Waals surface area contributed by atoms with Crippen molar-refractivity contribution >= 4 is 32.8 Å². The molecule has 8 heteroatoms. The van der Waals surface area contributed by atoms with Crippen molar-refractivity contribution in [2.75, 3.05) is 19.0 Å². The van der Waals surface area contributed by atoms with Crippen LogP contribution in [-0.4, -0.2) is 28.0 Å². The Morgan fingerprint density at radius 3 is 2.45 bits per heavy atom. The van der Waals surface area contributed by atoms with E-state index in [2.05, 4.69) is 11.9 Å². The summed E-state index contributed by atoms with van der Waals surface area (Å²) in [4.78, 5) is 13.5. The summed E-state index contributed by atoms with van der Waals surface area (Å²) < 4.78 is 37.1. The highest BCUT2D eigenvalue weighted by Crippen LogP contribution is 2.46. The van der Waals surface area contributed by atoms with Crippen molar-refractivity contribution in [1.82, 2.24) is 0 Å². The van der Waals surface area contributed by atoms with Gasteiger partial charge in [0.15, 0.2) is 0 Å². The number of benzene rings is 2. The Hall–Kier alpha value is -3.10. The van der Waals surface area contributed by atoms with Gasteiger partial charge in [-0.3, -0.25) is 4.79 Å². The third kappa shape index (κ3) is 4.08. The lowest BCUT2D eigenvalue weighted by atomic mass is 9.90. The summed E-state index contributed by atoms with van der Waals surface area (Å²) in [6.07, 6.45) is 1.92. The first-order chi connectivity index (χ1) is 14.9. The van der Waals surface area contributed by atoms with Crippen LogP contribution in [0, 0.1) is 0 Å². The first-order valence-electron chi connectivity index (χ1n) is 9.58. The smallest absolute Gasteiger partial charge is 0.225 e. The second kappa shape index (κ2) is 8.56. The van der Waals surface area contributed by atoms with E-state index in [9.17, 15) is 13.2 Å². The predicted octanol–water partition coefficient (Wildman–Crippen LogP) is 4.63. The Labute approximate surface area is 185 Å². The van der Waals surface area contributed by atoms with Crippen LogP contribution >= 0.6 is 11.3 Å². The van der Waals surface area contributed by atoms with Crippen LogP contribution in [0.1, 0.15) is 22.8 Å². The Morgan fingerprint density at radius 1 is 1.13 bits per heavy atom. The Morgan fingerprint density at radius 2 is 1.81 bits per heavy atom. The van der Waals surface area contributed by atoms with Crippen LogP contribution in [0.25, 0.3) is 0 Å². The average molecular weight is 456 g/mol. The minimum absolute atomic E-state index is 0.113. The molecule has 2 heterocycles. The SMILES string of the molecule is C=CCOc1ccc(C2CC(=O)Nc3c(S(=O)(=O)c4ccc(OC)cc4)csc32)cc1. The van der Waals surface area contributed by atoms with Gasteiger partial charge < -0.3 is 14.8 Å². The average Bonchev–Trinajstić information content (AvgIpc) is 3.22. The fourth-order valence-electron chi connectivity index (χ4n) is 3.50.